The zero-order chi connectivity index (χ0) is 33.0. The third-order valence-electron chi connectivity index (χ3n) is 7.82. The molecule has 0 N–H and O–H groups in total. The van der Waals surface area contributed by atoms with Crippen molar-refractivity contribution in [2.45, 2.75) is 85.1 Å². The molecule has 6 rings (SSSR count). The molecule has 0 bridgehead atoms. The summed E-state index contributed by atoms with van der Waals surface area (Å²) in [6.07, 6.45) is 5.39. The Morgan fingerprint density at radius 2 is 1.27 bits per heavy atom. The molecular weight excluding hydrogens is 556 g/mol. The molecule has 0 aliphatic carbocycles. The lowest BCUT2D eigenvalue weighted by atomic mass is 9.85. The van der Waals surface area contributed by atoms with Crippen molar-refractivity contribution >= 4 is 28.0 Å². The second-order valence-corrected chi connectivity index (χ2v) is 14.5. The van der Waals surface area contributed by atoms with Crippen molar-refractivity contribution in [3.05, 3.63) is 101 Å². The van der Waals surface area contributed by atoms with Gasteiger partial charge in [0.1, 0.15) is 6.33 Å². The number of fused-ring (bicyclic) bond motifs is 3. The van der Waals surface area contributed by atoms with Crippen molar-refractivity contribution in [1.82, 2.24) is 15.0 Å². The highest BCUT2D eigenvalue weighted by molar-refractivity contribution is 5.85. The molecule has 5 aromatic rings. The number of hydrogen-bond donors (Lipinski definition) is 0. The lowest BCUT2D eigenvalue weighted by Crippen LogP contribution is -2.14. The predicted molar refractivity (Wildman–Crippen MR) is 188 cm³/mol. The summed E-state index contributed by atoms with van der Waals surface area (Å²) in [7, 11) is 3.25. The van der Waals surface area contributed by atoms with Crippen LogP contribution in [0.4, 0.5) is 0 Å². The molecule has 45 heavy (non-hydrogen) atoms. The molecule has 0 radical (unpaired) electrons. The molecule has 1 aliphatic heterocycles. The zero-order valence-electron chi connectivity index (χ0n) is 28.8. The average Bonchev–Trinajstić information content (AvgIpc) is 3.47. The van der Waals surface area contributed by atoms with Gasteiger partial charge in [0, 0.05) is 34.7 Å². The monoisotopic (exact) mass is 604 g/mol. The Bertz CT molecular complexity index is 1810. The molecule has 6 nitrogen and oxygen atoms in total. The molecular formula is C39H48N4O2. The van der Waals surface area contributed by atoms with Crippen LogP contribution in [-0.4, -0.2) is 35.4 Å². The number of ether oxygens (including phenoxy) is 2. The fourth-order valence-electron chi connectivity index (χ4n) is 5.09. The van der Waals surface area contributed by atoms with Crippen molar-refractivity contribution in [1.29, 1.82) is 0 Å². The van der Waals surface area contributed by atoms with E-state index in [1.807, 2.05) is 30.6 Å². The quantitative estimate of drug-likeness (QED) is 0.201. The van der Waals surface area contributed by atoms with Gasteiger partial charge in [0.25, 0.3) is 0 Å². The fraction of sp³-hybridized carbons (Fsp3) is 0.385. The summed E-state index contributed by atoms with van der Waals surface area (Å²) in [5.41, 5.74) is 8.76. The lowest BCUT2D eigenvalue weighted by molar-refractivity contribution is 0.355. The third-order valence-corrected chi connectivity index (χ3v) is 7.82. The van der Waals surface area contributed by atoms with E-state index in [0.717, 1.165) is 28.7 Å². The number of hydrogen-bond acceptors (Lipinski definition) is 6. The van der Waals surface area contributed by atoms with Gasteiger partial charge in [-0.05, 0) is 51.3 Å². The standard InChI is InChI=1S/C14H18N2O2.C13H15N.C12H15N/c1-14(2,3)13-9-6-11(17-4)12(18-5)7-10(9)15-8-16-13;1-13(2,3)11-7-6-10-5-4-8-14-12(10)9-11;1-12(2,3)11-5-4-9-7-13-8-10(9)6-11/h6-8H,1-5H3;4-9H,1-3H3;4-7H,8H2,1-3H3. The van der Waals surface area contributed by atoms with Crippen molar-refractivity contribution in [2.75, 3.05) is 14.2 Å². The average molecular weight is 605 g/mol. The Hall–Kier alpha value is -4.32. The molecule has 6 heteroatoms. The molecule has 0 saturated carbocycles. The molecule has 0 spiro atoms. The van der Waals surface area contributed by atoms with Gasteiger partial charge in [-0.1, -0.05) is 98.7 Å². The van der Waals surface area contributed by atoms with Crippen LogP contribution >= 0.6 is 0 Å². The molecule has 0 amide bonds. The van der Waals surface area contributed by atoms with Gasteiger partial charge in [0.05, 0.1) is 37.5 Å². The first-order valence-corrected chi connectivity index (χ1v) is 15.5. The van der Waals surface area contributed by atoms with Gasteiger partial charge in [-0.25, -0.2) is 9.97 Å². The lowest BCUT2D eigenvalue weighted by Gasteiger charge is -2.20. The number of benzene rings is 3. The Kier molecular flexibility index (Phi) is 9.96. The maximum atomic E-state index is 5.33. The van der Waals surface area contributed by atoms with Crippen molar-refractivity contribution in [2.24, 2.45) is 4.99 Å². The third kappa shape index (κ3) is 8.24. The van der Waals surface area contributed by atoms with Gasteiger partial charge < -0.3 is 9.47 Å². The summed E-state index contributed by atoms with van der Waals surface area (Å²) in [4.78, 5) is 17.3. The number of aliphatic imine (C=N–C) groups is 1. The molecule has 0 unspecified atom stereocenters. The number of rotatable bonds is 2. The smallest absolute Gasteiger partial charge is 0.162 e. The highest BCUT2D eigenvalue weighted by Gasteiger charge is 2.21. The number of methoxy groups -OCH3 is 2. The van der Waals surface area contributed by atoms with Gasteiger partial charge in [-0.3, -0.25) is 9.98 Å². The van der Waals surface area contributed by atoms with E-state index in [1.54, 1.807) is 20.5 Å². The van der Waals surface area contributed by atoms with Gasteiger partial charge in [-0.15, -0.1) is 0 Å². The summed E-state index contributed by atoms with van der Waals surface area (Å²) in [6, 6.07) is 21.0. The summed E-state index contributed by atoms with van der Waals surface area (Å²) in [5, 5.41) is 2.21. The van der Waals surface area contributed by atoms with Gasteiger partial charge in [0.15, 0.2) is 11.5 Å². The van der Waals surface area contributed by atoms with Crippen molar-refractivity contribution in [3.63, 3.8) is 0 Å². The van der Waals surface area contributed by atoms with E-state index in [-0.39, 0.29) is 16.2 Å². The number of pyridine rings is 1. The van der Waals surface area contributed by atoms with Crippen LogP contribution in [0.5, 0.6) is 11.5 Å². The summed E-state index contributed by atoms with van der Waals surface area (Å²) >= 11 is 0. The SMILES string of the molecule is CC(C)(C)c1ccc2c(c1)CN=C2.CC(C)(C)c1ccc2cccnc2c1.COc1cc2ncnc(C(C)(C)C)c2cc1OC. The summed E-state index contributed by atoms with van der Waals surface area (Å²) < 4.78 is 10.6. The summed E-state index contributed by atoms with van der Waals surface area (Å²) in [5.74, 6) is 1.38. The van der Waals surface area contributed by atoms with Gasteiger partial charge in [-0.2, -0.15) is 0 Å². The molecule has 0 fully saturated rings. The Morgan fingerprint density at radius 1 is 0.622 bits per heavy atom. The minimum atomic E-state index is -0.0409. The van der Waals surface area contributed by atoms with Crippen LogP contribution in [-0.2, 0) is 22.8 Å². The Labute approximate surface area is 269 Å². The van der Waals surface area contributed by atoms with Crippen LogP contribution in [0.1, 0.15) is 90.3 Å². The second-order valence-electron chi connectivity index (χ2n) is 14.5. The fourth-order valence-corrected chi connectivity index (χ4v) is 5.09. The maximum Gasteiger partial charge on any atom is 0.162 e. The van der Waals surface area contributed by atoms with Crippen LogP contribution in [0, 0.1) is 0 Å². The molecule has 1 aliphatic rings. The molecule has 2 aromatic heterocycles. The maximum absolute atomic E-state index is 5.33. The van der Waals surface area contributed by atoms with E-state index in [9.17, 15) is 0 Å². The Morgan fingerprint density at radius 3 is 1.91 bits per heavy atom. The molecule has 236 valence electrons. The summed E-state index contributed by atoms with van der Waals surface area (Å²) in [6.45, 7) is 20.6. The van der Waals surface area contributed by atoms with Crippen LogP contribution in [0.25, 0.3) is 21.8 Å². The topological polar surface area (TPSA) is 69.5 Å². The molecule has 3 aromatic carbocycles. The first-order chi connectivity index (χ1) is 21.1. The van der Waals surface area contributed by atoms with Crippen LogP contribution in [0.15, 0.2) is 78.2 Å². The van der Waals surface area contributed by atoms with E-state index >= 15 is 0 Å². The van der Waals surface area contributed by atoms with Crippen LogP contribution in [0.3, 0.4) is 0 Å². The number of nitrogens with zero attached hydrogens (tertiary/aromatic N) is 4. The van der Waals surface area contributed by atoms with Crippen LogP contribution < -0.4 is 9.47 Å². The first-order valence-electron chi connectivity index (χ1n) is 15.5. The van der Waals surface area contributed by atoms with E-state index < -0.39 is 0 Å². The van der Waals surface area contributed by atoms with Crippen LogP contribution in [0.2, 0.25) is 0 Å². The Balaban J connectivity index is 0.000000156. The van der Waals surface area contributed by atoms with E-state index in [2.05, 4.69) is 125 Å². The van der Waals surface area contributed by atoms with E-state index in [1.165, 1.54) is 27.6 Å². The van der Waals surface area contributed by atoms with Crippen molar-refractivity contribution in [3.8, 4) is 11.5 Å². The molecule has 0 saturated heterocycles. The molecule has 3 heterocycles. The number of aromatic nitrogens is 3. The van der Waals surface area contributed by atoms with E-state index in [4.69, 9.17) is 9.47 Å². The zero-order valence-corrected chi connectivity index (χ0v) is 28.8. The highest BCUT2D eigenvalue weighted by atomic mass is 16.5. The minimum absolute atomic E-state index is 0.0409. The normalized spacial score (nSPS) is 12.6. The largest absolute Gasteiger partial charge is 0.493 e. The van der Waals surface area contributed by atoms with Crippen molar-refractivity contribution < 1.29 is 9.47 Å². The second kappa shape index (κ2) is 13.4. The van der Waals surface area contributed by atoms with Gasteiger partial charge in [0.2, 0.25) is 0 Å². The first kappa shape index (κ1) is 33.6. The minimum Gasteiger partial charge on any atom is -0.493 e. The highest BCUT2D eigenvalue weighted by Crippen LogP contribution is 2.35. The van der Waals surface area contributed by atoms with E-state index in [0.29, 0.717) is 11.5 Å². The molecule has 0 atom stereocenters. The predicted octanol–water partition coefficient (Wildman–Crippen LogP) is 9.39. The van der Waals surface area contributed by atoms with Gasteiger partial charge >= 0.3 is 0 Å².